The second-order valence-electron chi connectivity index (χ2n) is 5.60. The molecule has 2 fully saturated rings. The van der Waals surface area contributed by atoms with E-state index in [0.717, 1.165) is 6.61 Å². The van der Waals surface area contributed by atoms with Crippen LogP contribution < -0.4 is 5.32 Å². The van der Waals surface area contributed by atoms with Crippen LogP contribution in [0.15, 0.2) is 0 Å². The molecule has 0 radical (unpaired) electrons. The van der Waals surface area contributed by atoms with Crippen molar-refractivity contribution in [2.45, 2.75) is 50.7 Å². The van der Waals surface area contributed by atoms with E-state index in [0.29, 0.717) is 25.6 Å². The van der Waals surface area contributed by atoms with Crippen LogP contribution in [0.1, 0.15) is 38.5 Å². The van der Waals surface area contributed by atoms with E-state index in [4.69, 9.17) is 14.6 Å². The normalized spacial score (nSPS) is 26.8. The van der Waals surface area contributed by atoms with Crippen LogP contribution in [0.5, 0.6) is 0 Å². The monoisotopic (exact) mass is 285 g/mol. The first-order valence-corrected chi connectivity index (χ1v) is 7.35. The molecule has 2 N–H and O–H groups in total. The van der Waals surface area contributed by atoms with Gasteiger partial charge in [0, 0.05) is 19.6 Å². The third-order valence-corrected chi connectivity index (χ3v) is 3.99. The van der Waals surface area contributed by atoms with Crippen LogP contribution >= 0.6 is 0 Å². The zero-order valence-corrected chi connectivity index (χ0v) is 11.7. The second kappa shape index (κ2) is 7.59. The number of carbonyl (C=O) groups excluding carboxylic acids is 1. The predicted octanol–water partition coefficient (Wildman–Crippen LogP) is 0.942. The molecule has 0 aromatic carbocycles. The van der Waals surface area contributed by atoms with Crippen molar-refractivity contribution in [3.63, 3.8) is 0 Å². The summed E-state index contributed by atoms with van der Waals surface area (Å²) in [6.07, 6.45) is 4.22. The van der Waals surface area contributed by atoms with Gasteiger partial charge in [0.15, 0.2) is 0 Å². The van der Waals surface area contributed by atoms with Crippen LogP contribution in [0, 0.1) is 5.92 Å². The van der Waals surface area contributed by atoms with Crippen molar-refractivity contribution in [2.24, 2.45) is 5.92 Å². The molecule has 20 heavy (non-hydrogen) atoms. The second-order valence-corrected chi connectivity index (χ2v) is 5.60. The van der Waals surface area contributed by atoms with E-state index in [9.17, 15) is 9.59 Å². The minimum atomic E-state index is -0.954. The number of hydrogen-bond acceptors (Lipinski definition) is 4. The highest BCUT2D eigenvalue weighted by Crippen LogP contribution is 2.27. The standard InChI is InChI=1S/C14H23NO5/c16-13(4-5-14(17)18)15-11-6-7-19-9-12(11)20-8-10-2-1-3-10/h10-12H,1-9H2,(H,15,16)(H,17,18)/t11-,12-/m1/s1. The third kappa shape index (κ3) is 4.76. The third-order valence-electron chi connectivity index (χ3n) is 3.99. The fraction of sp³-hybridized carbons (Fsp3) is 0.857. The number of nitrogens with one attached hydrogen (secondary N) is 1. The van der Waals surface area contributed by atoms with Crippen molar-refractivity contribution in [1.82, 2.24) is 5.32 Å². The Morgan fingerprint density at radius 3 is 2.70 bits per heavy atom. The Balaban J connectivity index is 1.73. The number of ether oxygens (including phenoxy) is 2. The molecule has 0 unspecified atom stereocenters. The Labute approximate surface area is 118 Å². The lowest BCUT2D eigenvalue weighted by molar-refractivity contribution is -0.139. The topological polar surface area (TPSA) is 84.9 Å². The van der Waals surface area contributed by atoms with Crippen LogP contribution in [0.4, 0.5) is 0 Å². The molecule has 6 heteroatoms. The number of amides is 1. The first-order valence-electron chi connectivity index (χ1n) is 7.35. The lowest BCUT2D eigenvalue weighted by atomic mass is 9.86. The summed E-state index contributed by atoms with van der Waals surface area (Å²) < 4.78 is 11.3. The van der Waals surface area contributed by atoms with Crippen molar-refractivity contribution in [3.8, 4) is 0 Å². The highest BCUT2D eigenvalue weighted by molar-refractivity contribution is 5.80. The molecule has 2 atom stereocenters. The lowest BCUT2D eigenvalue weighted by Crippen LogP contribution is -2.50. The van der Waals surface area contributed by atoms with Crippen LogP contribution in [0.3, 0.4) is 0 Å². The number of carboxylic acids is 1. The van der Waals surface area contributed by atoms with Crippen molar-refractivity contribution in [2.75, 3.05) is 19.8 Å². The van der Waals surface area contributed by atoms with E-state index >= 15 is 0 Å². The fourth-order valence-corrected chi connectivity index (χ4v) is 2.46. The number of carbonyl (C=O) groups is 2. The average Bonchev–Trinajstić information content (AvgIpc) is 2.36. The Morgan fingerprint density at radius 2 is 2.05 bits per heavy atom. The highest BCUT2D eigenvalue weighted by Gasteiger charge is 2.29. The fourth-order valence-electron chi connectivity index (χ4n) is 2.46. The van der Waals surface area contributed by atoms with Gasteiger partial charge in [-0.25, -0.2) is 0 Å². The molecule has 0 aromatic rings. The summed E-state index contributed by atoms with van der Waals surface area (Å²) in [4.78, 5) is 22.1. The molecule has 0 spiro atoms. The zero-order chi connectivity index (χ0) is 14.4. The lowest BCUT2D eigenvalue weighted by Gasteiger charge is -2.34. The van der Waals surface area contributed by atoms with Gasteiger partial charge in [-0.3, -0.25) is 9.59 Å². The van der Waals surface area contributed by atoms with Gasteiger partial charge < -0.3 is 19.9 Å². The van der Waals surface area contributed by atoms with E-state index < -0.39 is 5.97 Å². The molecule has 1 saturated carbocycles. The number of hydrogen-bond donors (Lipinski definition) is 2. The molecule has 1 amide bonds. The summed E-state index contributed by atoms with van der Waals surface area (Å²) in [5.74, 6) is -0.526. The molecule has 114 valence electrons. The van der Waals surface area contributed by atoms with Crippen molar-refractivity contribution in [1.29, 1.82) is 0 Å². The number of carboxylic acid groups (broad SMARTS) is 1. The van der Waals surface area contributed by atoms with Crippen LogP contribution in [-0.4, -0.2) is 48.9 Å². The Bertz CT molecular complexity index is 342. The first-order chi connectivity index (χ1) is 9.65. The molecule has 2 rings (SSSR count). The summed E-state index contributed by atoms with van der Waals surface area (Å²) in [5, 5.41) is 11.5. The molecule has 1 aliphatic carbocycles. The van der Waals surface area contributed by atoms with E-state index in [1.807, 2.05) is 0 Å². The quantitative estimate of drug-likeness (QED) is 0.727. The van der Waals surface area contributed by atoms with Crippen molar-refractivity contribution < 1.29 is 24.2 Å². The molecule has 2 aliphatic rings. The summed E-state index contributed by atoms with van der Waals surface area (Å²) in [7, 11) is 0. The SMILES string of the molecule is O=C(O)CCC(=O)N[C@@H]1CCOC[C@H]1OCC1CCC1. The molecule has 6 nitrogen and oxygen atoms in total. The predicted molar refractivity (Wildman–Crippen MR) is 71.3 cm³/mol. The number of aliphatic carboxylic acids is 1. The van der Waals surface area contributed by atoms with Gasteiger partial charge in [-0.15, -0.1) is 0 Å². The van der Waals surface area contributed by atoms with Crippen molar-refractivity contribution >= 4 is 11.9 Å². The van der Waals surface area contributed by atoms with Gasteiger partial charge in [0.05, 0.1) is 19.1 Å². The molecule has 1 aliphatic heterocycles. The maximum Gasteiger partial charge on any atom is 0.303 e. The van der Waals surface area contributed by atoms with E-state index in [2.05, 4.69) is 5.32 Å². The summed E-state index contributed by atoms with van der Waals surface area (Å²) in [6.45, 7) is 1.83. The first kappa shape index (κ1) is 15.3. The van der Waals surface area contributed by atoms with Crippen LogP contribution in [0.2, 0.25) is 0 Å². The molecular formula is C14H23NO5. The smallest absolute Gasteiger partial charge is 0.303 e. The zero-order valence-electron chi connectivity index (χ0n) is 11.7. The minimum absolute atomic E-state index is 0.0159. The van der Waals surface area contributed by atoms with Gasteiger partial charge in [0.2, 0.25) is 5.91 Å². The van der Waals surface area contributed by atoms with Crippen LogP contribution in [0.25, 0.3) is 0 Å². The largest absolute Gasteiger partial charge is 0.481 e. The Hall–Kier alpha value is -1.14. The van der Waals surface area contributed by atoms with Crippen LogP contribution in [-0.2, 0) is 19.1 Å². The van der Waals surface area contributed by atoms with Gasteiger partial charge in [-0.05, 0) is 25.2 Å². The van der Waals surface area contributed by atoms with Gasteiger partial charge in [-0.1, -0.05) is 6.42 Å². The van der Waals surface area contributed by atoms with Gasteiger partial charge >= 0.3 is 5.97 Å². The molecule has 1 heterocycles. The van der Waals surface area contributed by atoms with Gasteiger partial charge in [-0.2, -0.15) is 0 Å². The summed E-state index contributed by atoms with van der Waals surface area (Å²) in [6, 6.07) is -0.0647. The Kier molecular flexibility index (Phi) is 5.79. The summed E-state index contributed by atoms with van der Waals surface area (Å²) >= 11 is 0. The Morgan fingerprint density at radius 1 is 1.25 bits per heavy atom. The van der Waals surface area contributed by atoms with E-state index in [1.54, 1.807) is 0 Å². The molecule has 0 aromatic heterocycles. The average molecular weight is 285 g/mol. The van der Waals surface area contributed by atoms with Crippen molar-refractivity contribution in [3.05, 3.63) is 0 Å². The van der Waals surface area contributed by atoms with E-state index in [-0.39, 0.29) is 30.9 Å². The maximum absolute atomic E-state index is 11.7. The van der Waals surface area contributed by atoms with Gasteiger partial charge in [0.25, 0.3) is 0 Å². The molecule has 0 bridgehead atoms. The van der Waals surface area contributed by atoms with Gasteiger partial charge in [0.1, 0.15) is 6.10 Å². The minimum Gasteiger partial charge on any atom is -0.481 e. The molecule has 1 saturated heterocycles. The van der Waals surface area contributed by atoms with E-state index in [1.165, 1.54) is 19.3 Å². The highest BCUT2D eigenvalue weighted by atomic mass is 16.5. The maximum atomic E-state index is 11.7. The molecular weight excluding hydrogens is 262 g/mol. The number of rotatable bonds is 7. The summed E-state index contributed by atoms with van der Waals surface area (Å²) in [5.41, 5.74) is 0.